The summed E-state index contributed by atoms with van der Waals surface area (Å²) < 4.78 is 23.4. The maximum atomic E-state index is 11.7. The van der Waals surface area contributed by atoms with Gasteiger partial charge in [-0.25, -0.2) is 8.42 Å². The number of nitrogens with one attached hydrogen (secondary N) is 1. The van der Waals surface area contributed by atoms with Crippen molar-refractivity contribution in [3.05, 3.63) is 16.0 Å². The van der Waals surface area contributed by atoms with Crippen LogP contribution in [-0.2, 0) is 14.6 Å². The Hall–Kier alpha value is -1.62. The molecule has 0 saturated carbocycles. The Labute approximate surface area is 125 Å². The van der Waals surface area contributed by atoms with Crippen LogP contribution in [-0.4, -0.2) is 52.5 Å². The number of thioether (sulfide) groups is 1. The minimum absolute atomic E-state index is 0.0229. The Morgan fingerprint density at radius 3 is 2.86 bits per heavy atom. The molecule has 0 radical (unpaired) electrons. The molecule has 1 aromatic rings. The van der Waals surface area contributed by atoms with Gasteiger partial charge in [-0.3, -0.25) is 9.59 Å². The fourth-order valence-corrected chi connectivity index (χ4v) is 4.21. The van der Waals surface area contributed by atoms with Gasteiger partial charge in [-0.05, 0) is 13.3 Å². The number of nitrogens with zero attached hydrogens (tertiary/aromatic N) is 3. The van der Waals surface area contributed by atoms with Gasteiger partial charge in [0.1, 0.15) is 5.69 Å². The highest BCUT2D eigenvalue weighted by Gasteiger charge is 2.28. The van der Waals surface area contributed by atoms with E-state index in [1.54, 1.807) is 0 Å². The Kier molecular flexibility index (Phi) is 4.52. The molecule has 2 heterocycles. The number of nitrogen functional groups attached to an aromatic ring is 1. The molecule has 21 heavy (non-hydrogen) atoms. The van der Waals surface area contributed by atoms with Crippen molar-refractivity contribution in [1.29, 1.82) is 0 Å². The molecular formula is C10H15N5O4S2. The molecule has 0 bridgehead atoms. The Morgan fingerprint density at radius 1 is 1.52 bits per heavy atom. The van der Waals surface area contributed by atoms with E-state index in [-0.39, 0.29) is 40.1 Å². The highest BCUT2D eigenvalue weighted by Crippen LogP contribution is 2.13. The molecule has 1 atom stereocenters. The fraction of sp³-hybridized carbons (Fsp3) is 0.600. The minimum atomic E-state index is -3.03. The first-order chi connectivity index (χ1) is 9.78. The zero-order valence-corrected chi connectivity index (χ0v) is 12.9. The monoisotopic (exact) mass is 333 g/mol. The smallest absolute Gasteiger partial charge is 0.294 e. The van der Waals surface area contributed by atoms with Gasteiger partial charge >= 0.3 is 0 Å². The van der Waals surface area contributed by atoms with Crippen LogP contribution in [0.2, 0.25) is 0 Å². The molecule has 11 heteroatoms. The molecule has 0 unspecified atom stereocenters. The van der Waals surface area contributed by atoms with Crippen LogP contribution in [0.5, 0.6) is 0 Å². The van der Waals surface area contributed by atoms with Crippen molar-refractivity contribution in [3.63, 3.8) is 0 Å². The quantitative estimate of drug-likeness (QED) is 0.479. The number of aryl methyl sites for hydroxylation is 1. The third kappa shape index (κ3) is 3.94. The van der Waals surface area contributed by atoms with E-state index >= 15 is 0 Å². The second kappa shape index (κ2) is 6.02. The number of carbonyl (C=O) groups excluding carboxylic acids is 1. The minimum Gasteiger partial charge on any atom is -0.352 e. The second-order valence-electron chi connectivity index (χ2n) is 4.70. The van der Waals surface area contributed by atoms with Gasteiger partial charge in [-0.2, -0.15) is 4.68 Å². The summed E-state index contributed by atoms with van der Waals surface area (Å²) >= 11 is 0.964. The summed E-state index contributed by atoms with van der Waals surface area (Å²) in [4.78, 5) is 23.3. The Morgan fingerprint density at radius 2 is 2.24 bits per heavy atom. The second-order valence-corrected chi connectivity index (χ2v) is 7.87. The number of rotatable bonds is 4. The third-order valence-corrected chi connectivity index (χ3v) is 5.66. The van der Waals surface area contributed by atoms with Crippen LogP contribution >= 0.6 is 11.8 Å². The summed E-state index contributed by atoms with van der Waals surface area (Å²) in [5, 5.41) is 10.1. The van der Waals surface area contributed by atoms with Gasteiger partial charge in [0.05, 0.1) is 17.3 Å². The molecule has 0 aliphatic carbocycles. The van der Waals surface area contributed by atoms with Crippen LogP contribution in [0.15, 0.2) is 9.95 Å². The van der Waals surface area contributed by atoms with Crippen LogP contribution < -0.4 is 16.7 Å². The van der Waals surface area contributed by atoms with Crippen molar-refractivity contribution < 1.29 is 13.2 Å². The van der Waals surface area contributed by atoms with Gasteiger partial charge in [0.15, 0.2) is 9.84 Å². The molecule has 1 fully saturated rings. The van der Waals surface area contributed by atoms with Gasteiger partial charge in [0.25, 0.3) is 5.56 Å². The molecule has 1 aromatic heterocycles. The number of sulfone groups is 1. The molecule has 1 saturated heterocycles. The molecule has 2 rings (SSSR count). The highest BCUT2D eigenvalue weighted by molar-refractivity contribution is 7.99. The number of amides is 1. The van der Waals surface area contributed by atoms with E-state index in [9.17, 15) is 18.0 Å². The maximum Gasteiger partial charge on any atom is 0.294 e. The van der Waals surface area contributed by atoms with Crippen molar-refractivity contribution in [2.24, 2.45) is 0 Å². The number of hydrogen-bond donors (Lipinski definition) is 2. The van der Waals surface area contributed by atoms with E-state index in [0.717, 1.165) is 16.4 Å². The maximum absolute atomic E-state index is 11.7. The predicted molar refractivity (Wildman–Crippen MR) is 77.1 cm³/mol. The van der Waals surface area contributed by atoms with Crippen molar-refractivity contribution in [2.45, 2.75) is 24.5 Å². The number of aromatic nitrogens is 3. The summed E-state index contributed by atoms with van der Waals surface area (Å²) in [5.41, 5.74) is -0.308. The summed E-state index contributed by atoms with van der Waals surface area (Å²) in [6.07, 6.45) is 0.421. The van der Waals surface area contributed by atoms with Crippen LogP contribution in [0.25, 0.3) is 0 Å². The lowest BCUT2D eigenvalue weighted by atomic mass is 10.3. The van der Waals surface area contributed by atoms with Crippen LogP contribution in [0.4, 0.5) is 0 Å². The standard InChI is InChI=1S/C10H15N5O4S2/c1-6-9(17)15(11)10(14-13-6)20-4-8(16)12-7-2-3-21(18,19)5-7/h7H,2-5,11H2,1H3,(H,12,16)/t7-/m0/s1. The predicted octanol–water partition coefficient (Wildman–Crippen LogP) is -1.94. The lowest BCUT2D eigenvalue weighted by Crippen LogP contribution is -2.37. The fourth-order valence-electron chi connectivity index (χ4n) is 1.88. The lowest BCUT2D eigenvalue weighted by molar-refractivity contribution is -0.119. The van der Waals surface area contributed by atoms with E-state index < -0.39 is 15.4 Å². The molecule has 0 aromatic carbocycles. The van der Waals surface area contributed by atoms with E-state index in [1.807, 2.05) is 0 Å². The van der Waals surface area contributed by atoms with Gasteiger partial charge < -0.3 is 11.2 Å². The molecule has 0 spiro atoms. The number of hydrogen-bond acceptors (Lipinski definition) is 8. The first kappa shape index (κ1) is 15.8. The highest BCUT2D eigenvalue weighted by atomic mass is 32.2. The summed E-state index contributed by atoms with van der Waals surface area (Å²) in [5.74, 6) is 5.24. The zero-order valence-electron chi connectivity index (χ0n) is 11.3. The van der Waals surface area contributed by atoms with Gasteiger partial charge in [0, 0.05) is 6.04 Å². The first-order valence-corrected chi connectivity index (χ1v) is 8.93. The largest absolute Gasteiger partial charge is 0.352 e. The van der Waals surface area contributed by atoms with Crippen LogP contribution in [0.3, 0.4) is 0 Å². The number of nitrogens with two attached hydrogens (primary N) is 1. The molecule has 9 nitrogen and oxygen atoms in total. The van der Waals surface area contributed by atoms with Crippen molar-refractivity contribution >= 4 is 27.5 Å². The molecule has 1 aliphatic heterocycles. The van der Waals surface area contributed by atoms with Crippen LogP contribution in [0.1, 0.15) is 12.1 Å². The molecular weight excluding hydrogens is 318 g/mol. The van der Waals surface area contributed by atoms with E-state index in [4.69, 9.17) is 5.84 Å². The van der Waals surface area contributed by atoms with E-state index in [2.05, 4.69) is 15.5 Å². The molecule has 116 valence electrons. The van der Waals surface area contributed by atoms with Crippen molar-refractivity contribution in [2.75, 3.05) is 23.1 Å². The van der Waals surface area contributed by atoms with Crippen molar-refractivity contribution in [1.82, 2.24) is 20.2 Å². The SMILES string of the molecule is Cc1nnc(SCC(=O)N[C@H]2CCS(=O)(=O)C2)n(N)c1=O. The van der Waals surface area contributed by atoms with Gasteiger partial charge in [0.2, 0.25) is 11.1 Å². The Balaban J connectivity index is 1.90. The van der Waals surface area contributed by atoms with E-state index in [0.29, 0.717) is 6.42 Å². The summed E-state index contributed by atoms with van der Waals surface area (Å²) in [6, 6.07) is -0.354. The molecule has 1 amide bonds. The first-order valence-electron chi connectivity index (χ1n) is 6.12. The van der Waals surface area contributed by atoms with Gasteiger partial charge in [-0.15, -0.1) is 10.2 Å². The topological polar surface area (TPSA) is 137 Å². The summed E-state index contributed by atoms with van der Waals surface area (Å²) in [6.45, 7) is 1.49. The third-order valence-electron chi connectivity index (χ3n) is 2.95. The zero-order chi connectivity index (χ0) is 15.6. The molecule has 1 aliphatic rings. The average molecular weight is 333 g/mol. The summed E-state index contributed by atoms with van der Waals surface area (Å²) in [7, 11) is -3.03. The van der Waals surface area contributed by atoms with E-state index in [1.165, 1.54) is 6.92 Å². The normalized spacial score (nSPS) is 20.3. The average Bonchev–Trinajstić information content (AvgIpc) is 2.74. The molecule has 3 N–H and O–H groups in total. The van der Waals surface area contributed by atoms with Crippen molar-refractivity contribution in [3.8, 4) is 0 Å². The lowest BCUT2D eigenvalue weighted by Gasteiger charge is -2.10. The van der Waals surface area contributed by atoms with Gasteiger partial charge in [-0.1, -0.05) is 11.8 Å². The Bertz CT molecular complexity index is 715. The number of carbonyl (C=O) groups is 1. The van der Waals surface area contributed by atoms with Crippen LogP contribution in [0, 0.1) is 6.92 Å².